The molecule has 4 fully saturated rings. The fourth-order valence-electron chi connectivity index (χ4n) is 7.10. The third-order valence-corrected chi connectivity index (χ3v) is 9.83. The van der Waals surface area contributed by atoms with Gasteiger partial charge in [-0.25, -0.2) is 22.8 Å². The first-order valence-corrected chi connectivity index (χ1v) is 14.8. The number of benzene rings is 1. The zero-order valence-electron chi connectivity index (χ0n) is 20.7. The summed E-state index contributed by atoms with van der Waals surface area (Å²) in [4.78, 5) is 11.4. The largest absolute Gasteiger partial charge is 0.472 e. The highest BCUT2D eigenvalue weighted by atomic mass is 32.2. The lowest BCUT2D eigenvalue weighted by Crippen LogP contribution is -2.74. The summed E-state index contributed by atoms with van der Waals surface area (Å²) in [6.07, 6.45) is 10.9. The Kier molecular flexibility index (Phi) is 5.96. The Morgan fingerprint density at radius 1 is 1.17 bits per heavy atom. The van der Waals surface area contributed by atoms with E-state index in [1.54, 1.807) is 0 Å². The number of nitrogens with zero attached hydrogens (tertiary/aromatic N) is 3. The van der Waals surface area contributed by atoms with E-state index in [1.807, 2.05) is 6.92 Å². The fourth-order valence-corrected chi connectivity index (χ4v) is 7.73. The van der Waals surface area contributed by atoms with Crippen LogP contribution in [0.4, 0.5) is 15.9 Å². The van der Waals surface area contributed by atoms with Crippen molar-refractivity contribution in [3.8, 4) is 5.88 Å². The standard InChI is InChI=1S/C26H33FN4O4S/c1-16-24(30-22-9-8-20(11-21(22)27)36(2,32)33)28-15-29-25(16)35-23-10-18-13-34-14-19-12-26(23,31(18)19)17-6-4-3-5-7-17/h8-9,11,15,17-19,23H,3-7,10,12-14H2,1-2H3,(H,28,29,30). The van der Waals surface area contributed by atoms with Gasteiger partial charge in [0.25, 0.3) is 0 Å². The van der Waals surface area contributed by atoms with Crippen molar-refractivity contribution >= 4 is 21.3 Å². The predicted molar refractivity (Wildman–Crippen MR) is 133 cm³/mol. The molecular weight excluding hydrogens is 483 g/mol. The number of hydrogen-bond donors (Lipinski definition) is 1. The maximum Gasteiger partial charge on any atom is 0.221 e. The highest BCUT2D eigenvalue weighted by molar-refractivity contribution is 7.90. The number of nitrogens with one attached hydrogen (secondary N) is 1. The minimum Gasteiger partial charge on any atom is -0.472 e. The molecule has 8 nitrogen and oxygen atoms in total. The van der Waals surface area contributed by atoms with Crippen LogP contribution < -0.4 is 10.1 Å². The normalized spacial score (nSPS) is 30.5. The summed E-state index contributed by atoms with van der Waals surface area (Å²) < 4.78 is 50.8. The van der Waals surface area contributed by atoms with Crippen LogP contribution in [0.1, 0.15) is 50.5 Å². The Hall–Kier alpha value is -2.30. The van der Waals surface area contributed by atoms with Crippen molar-refractivity contribution in [1.82, 2.24) is 14.9 Å². The van der Waals surface area contributed by atoms with E-state index in [-0.39, 0.29) is 22.2 Å². The van der Waals surface area contributed by atoms with Crippen LogP contribution in [0.25, 0.3) is 0 Å². The maximum atomic E-state index is 14.7. The molecule has 194 valence electrons. The summed E-state index contributed by atoms with van der Waals surface area (Å²) >= 11 is 0. The lowest BCUT2D eigenvalue weighted by atomic mass is 9.64. The van der Waals surface area contributed by atoms with Gasteiger partial charge in [-0.2, -0.15) is 0 Å². The molecule has 1 saturated carbocycles. The summed E-state index contributed by atoms with van der Waals surface area (Å²) in [5.74, 6) is 0.897. The number of aromatic nitrogens is 2. The minimum atomic E-state index is -3.50. The van der Waals surface area contributed by atoms with Gasteiger partial charge in [-0.05, 0) is 50.3 Å². The van der Waals surface area contributed by atoms with E-state index in [4.69, 9.17) is 9.47 Å². The van der Waals surface area contributed by atoms with Gasteiger partial charge in [0.15, 0.2) is 9.84 Å². The Labute approximate surface area is 211 Å². The molecule has 36 heavy (non-hydrogen) atoms. The van der Waals surface area contributed by atoms with Crippen LogP contribution in [0.3, 0.4) is 0 Å². The summed E-state index contributed by atoms with van der Waals surface area (Å²) in [6.45, 7) is 3.42. The second-order valence-corrected chi connectivity index (χ2v) is 12.8. The molecule has 4 atom stereocenters. The topological polar surface area (TPSA) is 93.7 Å². The van der Waals surface area contributed by atoms with Gasteiger partial charge in [-0.1, -0.05) is 19.3 Å². The number of anilines is 2. The lowest BCUT2D eigenvalue weighted by Gasteiger charge is -2.63. The molecule has 1 aromatic carbocycles. The van der Waals surface area contributed by atoms with Gasteiger partial charge in [0, 0.05) is 24.8 Å². The molecule has 2 aromatic rings. The van der Waals surface area contributed by atoms with Crippen molar-refractivity contribution in [2.45, 2.75) is 80.5 Å². The van der Waals surface area contributed by atoms with Gasteiger partial charge >= 0.3 is 0 Å². The van der Waals surface area contributed by atoms with E-state index in [0.29, 0.717) is 35.3 Å². The quantitative estimate of drug-likeness (QED) is 0.616. The van der Waals surface area contributed by atoms with E-state index in [0.717, 1.165) is 38.4 Å². The minimum absolute atomic E-state index is 0.0239. The molecule has 6 rings (SSSR count). The van der Waals surface area contributed by atoms with Crippen molar-refractivity contribution < 1.29 is 22.3 Å². The number of ether oxygens (including phenoxy) is 2. The van der Waals surface area contributed by atoms with Gasteiger partial charge in [-0.15, -0.1) is 0 Å². The van der Waals surface area contributed by atoms with Crippen molar-refractivity contribution in [1.29, 1.82) is 0 Å². The Morgan fingerprint density at radius 3 is 2.69 bits per heavy atom. The molecule has 1 aliphatic carbocycles. The van der Waals surface area contributed by atoms with E-state index in [9.17, 15) is 12.8 Å². The van der Waals surface area contributed by atoms with Crippen molar-refractivity contribution in [3.05, 3.63) is 35.9 Å². The molecule has 0 amide bonds. The molecule has 4 heterocycles. The Bertz CT molecular complexity index is 1270. The maximum absolute atomic E-state index is 14.7. The molecule has 1 N–H and O–H groups in total. The first kappa shape index (κ1) is 24.1. The van der Waals surface area contributed by atoms with Crippen LogP contribution in [0.5, 0.6) is 5.88 Å². The predicted octanol–water partition coefficient (Wildman–Crippen LogP) is 4.01. The fraction of sp³-hybridized carbons (Fsp3) is 0.615. The SMILES string of the molecule is Cc1c(Nc2ccc(S(C)(=O)=O)cc2F)ncnc1OC1CC2COCC3CC1(C1CCCCC1)N23. The summed E-state index contributed by atoms with van der Waals surface area (Å²) in [5.41, 5.74) is 0.878. The molecule has 0 spiro atoms. The Morgan fingerprint density at radius 2 is 1.94 bits per heavy atom. The number of halogens is 1. The second-order valence-electron chi connectivity index (χ2n) is 10.8. The molecule has 1 aromatic heterocycles. The molecule has 0 radical (unpaired) electrons. The van der Waals surface area contributed by atoms with Crippen molar-refractivity contribution in [2.75, 3.05) is 24.8 Å². The zero-order valence-corrected chi connectivity index (χ0v) is 21.6. The van der Waals surface area contributed by atoms with Crippen molar-refractivity contribution in [3.63, 3.8) is 0 Å². The monoisotopic (exact) mass is 516 g/mol. The Balaban J connectivity index is 1.27. The van der Waals surface area contributed by atoms with Crippen LogP contribution in [0.2, 0.25) is 0 Å². The summed E-state index contributed by atoms with van der Waals surface area (Å²) in [6, 6.07) is 4.68. The number of sulfone groups is 1. The third kappa shape index (κ3) is 3.88. The smallest absolute Gasteiger partial charge is 0.221 e. The van der Waals surface area contributed by atoms with Crippen LogP contribution in [-0.2, 0) is 14.6 Å². The number of rotatable bonds is 6. The molecular formula is C26H33FN4O4S. The van der Waals surface area contributed by atoms with Gasteiger partial charge < -0.3 is 14.8 Å². The summed E-state index contributed by atoms with van der Waals surface area (Å²) in [5, 5.41) is 3.00. The highest BCUT2D eigenvalue weighted by Crippen LogP contribution is 2.58. The van der Waals surface area contributed by atoms with E-state index < -0.39 is 15.7 Å². The van der Waals surface area contributed by atoms with Crippen LogP contribution in [0.15, 0.2) is 29.4 Å². The first-order chi connectivity index (χ1) is 17.3. The van der Waals surface area contributed by atoms with E-state index >= 15 is 0 Å². The van der Waals surface area contributed by atoms with Gasteiger partial charge in [0.05, 0.1) is 34.9 Å². The molecule has 4 unspecified atom stereocenters. The zero-order chi connectivity index (χ0) is 25.1. The molecule has 3 saturated heterocycles. The average molecular weight is 517 g/mol. The molecule has 3 aliphatic heterocycles. The summed E-state index contributed by atoms with van der Waals surface area (Å²) in [7, 11) is -3.50. The molecule has 10 heteroatoms. The molecule has 0 bridgehead atoms. The average Bonchev–Trinajstić information content (AvgIpc) is 3.13. The van der Waals surface area contributed by atoms with Crippen LogP contribution >= 0.6 is 0 Å². The van der Waals surface area contributed by atoms with Gasteiger partial charge in [0.1, 0.15) is 24.1 Å². The number of morpholine rings is 1. The van der Waals surface area contributed by atoms with E-state index in [2.05, 4.69) is 20.2 Å². The van der Waals surface area contributed by atoms with E-state index in [1.165, 1.54) is 50.6 Å². The third-order valence-electron chi connectivity index (χ3n) is 8.72. The lowest BCUT2D eigenvalue weighted by molar-refractivity contribution is -0.191. The van der Waals surface area contributed by atoms with Crippen LogP contribution in [-0.4, -0.2) is 66.5 Å². The number of hydrogen-bond acceptors (Lipinski definition) is 8. The second kappa shape index (κ2) is 8.92. The van der Waals surface area contributed by atoms with Crippen LogP contribution in [0, 0.1) is 18.7 Å². The molecule has 4 aliphatic rings. The van der Waals surface area contributed by atoms with Gasteiger partial charge in [-0.3, -0.25) is 4.90 Å². The van der Waals surface area contributed by atoms with Crippen molar-refractivity contribution in [2.24, 2.45) is 5.92 Å². The first-order valence-electron chi connectivity index (χ1n) is 12.9. The van der Waals surface area contributed by atoms with Gasteiger partial charge in [0.2, 0.25) is 5.88 Å². The highest BCUT2D eigenvalue weighted by Gasteiger charge is 2.68.